The van der Waals surface area contributed by atoms with Gasteiger partial charge in [0, 0.05) is 10.9 Å². The van der Waals surface area contributed by atoms with Crippen molar-refractivity contribution in [3.63, 3.8) is 0 Å². The van der Waals surface area contributed by atoms with E-state index in [1.807, 2.05) is 6.07 Å². The number of nitrogens with zero attached hydrogens (tertiary/aromatic N) is 2. The molecule has 3 aromatic rings. The maximum Gasteiger partial charge on any atom is 0.325 e. The van der Waals surface area contributed by atoms with Crippen molar-refractivity contribution >= 4 is 27.6 Å². The summed E-state index contributed by atoms with van der Waals surface area (Å²) in [6, 6.07) is 15.7. The highest BCUT2D eigenvalue weighted by molar-refractivity contribution is 7.89. The molecule has 0 amide bonds. The van der Waals surface area contributed by atoms with E-state index in [9.17, 15) is 18.3 Å². The van der Waals surface area contributed by atoms with Crippen LogP contribution in [0.5, 0.6) is 0 Å². The highest BCUT2D eigenvalue weighted by Gasteiger charge is 2.63. The Morgan fingerprint density at radius 2 is 1.86 bits per heavy atom. The lowest BCUT2D eigenvalue weighted by atomic mass is 10.1. The van der Waals surface area contributed by atoms with Crippen molar-refractivity contribution in [2.75, 3.05) is 0 Å². The molecule has 0 saturated heterocycles. The van der Waals surface area contributed by atoms with E-state index in [0.717, 1.165) is 5.56 Å². The molecule has 1 saturated carbocycles. The van der Waals surface area contributed by atoms with Crippen molar-refractivity contribution in [2.24, 2.45) is 0 Å². The first-order valence-corrected chi connectivity index (χ1v) is 10.3. The third kappa shape index (κ3) is 3.30. The normalized spacial score (nSPS) is 21.4. The molecule has 0 unspecified atom stereocenters. The minimum atomic E-state index is -4.08. The van der Waals surface area contributed by atoms with Crippen molar-refractivity contribution in [1.29, 1.82) is 0 Å². The molecule has 1 aliphatic carbocycles. The Morgan fingerprint density at radius 1 is 1.18 bits per heavy atom. The third-order valence-electron chi connectivity index (χ3n) is 4.82. The number of carboxylic acids is 1. The zero-order valence-corrected chi connectivity index (χ0v) is 16.1. The van der Waals surface area contributed by atoms with Crippen molar-refractivity contribution < 1.29 is 18.3 Å². The predicted octanol–water partition coefficient (Wildman–Crippen LogP) is 2.81. The number of aromatic nitrogens is 2. The van der Waals surface area contributed by atoms with E-state index in [-0.39, 0.29) is 11.3 Å². The molecule has 0 radical (unpaired) electrons. The van der Waals surface area contributed by atoms with Crippen LogP contribution in [0.2, 0.25) is 5.02 Å². The molecule has 7 nitrogen and oxygen atoms in total. The number of carbonyl (C=O) groups is 1. The van der Waals surface area contributed by atoms with Crippen LogP contribution in [0, 0.1) is 0 Å². The lowest BCUT2D eigenvalue weighted by molar-refractivity contribution is -0.140. The van der Waals surface area contributed by atoms with E-state index in [1.54, 1.807) is 48.5 Å². The van der Waals surface area contributed by atoms with Crippen LogP contribution in [0.3, 0.4) is 0 Å². The Balaban J connectivity index is 1.60. The van der Waals surface area contributed by atoms with Gasteiger partial charge in [0.15, 0.2) is 0 Å². The Labute approximate surface area is 166 Å². The third-order valence-corrected chi connectivity index (χ3v) is 6.54. The molecule has 1 heterocycles. The summed E-state index contributed by atoms with van der Waals surface area (Å²) >= 11 is 5.86. The van der Waals surface area contributed by atoms with Crippen LogP contribution in [0.15, 0.2) is 71.9 Å². The summed E-state index contributed by atoms with van der Waals surface area (Å²) < 4.78 is 29.4. The summed E-state index contributed by atoms with van der Waals surface area (Å²) in [6.07, 6.45) is 2.71. The van der Waals surface area contributed by atoms with Gasteiger partial charge in [-0.1, -0.05) is 41.9 Å². The molecule has 1 aliphatic rings. The average molecular weight is 418 g/mol. The van der Waals surface area contributed by atoms with Crippen LogP contribution in [-0.2, 0) is 14.8 Å². The molecule has 2 atom stereocenters. The fourth-order valence-corrected chi connectivity index (χ4v) is 4.68. The predicted molar refractivity (Wildman–Crippen MR) is 103 cm³/mol. The van der Waals surface area contributed by atoms with Gasteiger partial charge in [0.1, 0.15) is 10.4 Å². The second kappa shape index (κ2) is 6.73. The van der Waals surface area contributed by atoms with Crippen LogP contribution in [-0.4, -0.2) is 34.8 Å². The van der Waals surface area contributed by atoms with Gasteiger partial charge >= 0.3 is 5.97 Å². The molecule has 2 aromatic carbocycles. The van der Waals surface area contributed by atoms with Gasteiger partial charge in [-0.3, -0.25) is 4.79 Å². The van der Waals surface area contributed by atoms with Crippen LogP contribution < -0.4 is 4.72 Å². The van der Waals surface area contributed by atoms with E-state index < -0.39 is 27.4 Å². The molecule has 0 spiro atoms. The van der Waals surface area contributed by atoms with Gasteiger partial charge in [0.2, 0.25) is 10.0 Å². The molecule has 28 heavy (non-hydrogen) atoms. The van der Waals surface area contributed by atoms with E-state index in [4.69, 9.17) is 11.6 Å². The van der Waals surface area contributed by atoms with Crippen LogP contribution in [0.1, 0.15) is 17.9 Å². The van der Waals surface area contributed by atoms with E-state index >= 15 is 0 Å². The fourth-order valence-electron chi connectivity index (χ4n) is 3.22. The number of aliphatic carboxylic acids is 1. The molecule has 0 aliphatic heterocycles. The van der Waals surface area contributed by atoms with Crippen molar-refractivity contribution in [2.45, 2.75) is 22.8 Å². The number of benzene rings is 2. The minimum Gasteiger partial charge on any atom is -0.480 e. The number of nitrogens with one attached hydrogen (secondary N) is 1. The number of hydrogen-bond acceptors (Lipinski definition) is 4. The maximum atomic E-state index is 12.8. The van der Waals surface area contributed by atoms with Gasteiger partial charge < -0.3 is 5.11 Å². The molecule has 1 fully saturated rings. The summed E-state index contributed by atoms with van der Waals surface area (Å²) in [4.78, 5) is 11.8. The van der Waals surface area contributed by atoms with E-state index in [0.29, 0.717) is 10.7 Å². The molecule has 2 N–H and O–H groups in total. The fraction of sp³-hybridized carbons (Fsp3) is 0.158. The molecule has 0 bridgehead atoms. The topological polar surface area (TPSA) is 101 Å². The van der Waals surface area contributed by atoms with Gasteiger partial charge in [-0.15, -0.1) is 0 Å². The zero-order valence-electron chi connectivity index (χ0n) is 14.5. The van der Waals surface area contributed by atoms with Gasteiger partial charge in [-0.25, -0.2) is 13.1 Å². The van der Waals surface area contributed by atoms with E-state index in [2.05, 4.69) is 9.82 Å². The minimum absolute atomic E-state index is 0.109. The molecular weight excluding hydrogens is 402 g/mol. The van der Waals surface area contributed by atoms with Crippen molar-refractivity contribution in [3.05, 3.63) is 77.6 Å². The SMILES string of the molecule is O=C(O)[C@]1(NS(=O)(=O)c2cnn(-c3ccc(Cl)cc3)c2)C[C@@H]1c1ccccc1. The Morgan fingerprint density at radius 3 is 2.50 bits per heavy atom. The number of sulfonamides is 1. The Hall–Kier alpha value is -2.68. The van der Waals surface area contributed by atoms with Gasteiger partial charge in [0.05, 0.1) is 18.1 Å². The number of hydrogen-bond donors (Lipinski definition) is 2. The summed E-state index contributed by atoms with van der Waals surface area (Å²) in [7, 11) is -4.08. The van der Waals surface area contributed by atoms with Crippen molar-refractivity contribution in [3.8, 4) is 5.69 Å². The highest BCUT2D eigenvalue weighted by Crippen LogP contribution is 2.52. The van der Waals surface area contributed by atoms with Gasteiger partial charge in [-0.2, -0.15) is 9.82 Å². The average Bonchev–Trinajstić information content (AvgIpc) is 3.17. The molecule has 4 rings (SSSR count). The Kier molecular flexibility index (Phi) is 4.49. The summed E-state index contributed by atoms with van der Waals surface area (Å²) in [5.74, 6) is -1.62. The Bertz CT molecular complexity index is 1130. The maximum absolute atomic E-state index is 12.8. The summed E-state index contributed by atoms with van der Waals surface area (Å²) in [5.41, 5.74) is -0.139. The second-order valence-electron chi connectivity index (χ2n) is 6.65. The first kappa shape index (κ1) is 18.7. The van der Waals surface area contributed by atoms with Gasteiger partial charge in [-0.05, 0) is 36.2 Å². The first-order chi connectivity index (χ1) is 13.3. The van der Waals surface area contributed by atoms with Crippen molar-refractivity contribution in [1.82, 2.24) is 14.5 Å². The smallest absolute Gasteiger partial charge is 0.325 e. The van der Waals surface area contributed by atoms with Crippen LogP contribution >= 0.6 is 11.6 Å². The second-order valence-corrected chi connectivity index (χ2v) is 8.77. The van der Waals surface area contributed by atoms with Crippen LogP contribution in [0.4, 0.5) is 0 Å². The largest absolute Gasteiger partial charge is 0.480 e. The summed E-state index contributed by atoms with van der Waals surface area (Å²) in [5, 5.41) is 14.3. The number of rotatable bonds is 6. The zero-order chi connectivity index (χ0) is 19.9. The van der Waals surface area contributed by atoms with E-state index in [1.165, 1.54) is 17.1 Å². The molecule has 144 valence electrons. The monoisotopic (exact) mass is 417 g/mol. The number of halogens is 1. The lowest BCUT2D eigenvalue weighted by Crippen LogP contribution is -2.44. The number of carboxylic acid groups (broad SMARTS) is 1. The van der Waals surface area contributed by atoms with Gasteiger partial charge in [0.25, 0.3) is 0 Å². The van der Waals surface area contributed by atoms with Crippen LogP contribution in [0.25, 0.3) is 5.69 Å². The highest BCUT2D eigenvalue weighted by atomic mass is 35.5. The molecule has 9 heteroatoms. The standard InChI is InChI=1S/C19H16ClN3O4S/c20-14-6-8-15(9-7-14)23-12-16(11-21-23)28(26,27)22-19(18(24)25)10-17(19)13-4-2-1-3-5-13/h1-9,11-12,17,22H,10H2,(H,24,25)/t17-,19+/m1/s1. The first-order valence-electron chi connectivity index (χ1n) is 8.45. The lowest BCUT2D eigenvalue weighted by Gasteiger charge is -2.14. The quantitative estimate of drug-likeness (QED) is 0.642. The molecular formula is C19H16ClN3O4S. The molecule has 1 aromatic heterocycles. The summed E-state index contributed by atoms with van der Waals surface area (Å²) in [6.45, 7) is 0.